The van der Waals surface area contributed by atoms with Crippen LogP contribution in [-0.4, -0.2) is 27.9 Å². The molecule has 1 amide bonds. The highest BCUT2D eigenvalue weighted by Gasteiger charge is 2.12. The molecule has 4 aromatic rings. The smallest absolute Gasteiger partial charge is 0.253 e. The molecule has 0 aliphatic carbocycles. The fraction of sp³-hybridized carbons (Fsp3) is 0.0500. The van der Waals surface area contributed by atoms with Crippen molar-refractivity contribution in [2.24, 2.45) is 0 Å². The van der Waals surface area contributed by atoms with Gasteiger partial charge in [0.1, 0.15) is 5.02 Å². The van der Waals surface area contributed by atoms with E-state index in [2.05, 4.69) is 30.9 Å². The minimum atomic E-state index is -0.202. The first-order chi connectivity index (χ1) is 13.6. The zero-order chi connectivity index (χ0) is 19.5. The van der Waals surface area contributed by atoms with Crippen LogP contribution in [-0.2, 0) is 0 Å². The molecule has 28 heavy (non-hydrogen) atoms. The summed E-state index contributed by atoms with van der Waals surface area (Å²) >= 11 is 6.26. The highest BCUT2D eigenvalue weighted by Crippen LogP contribution is 2.27. The second kappa shape index (κ2) is 7.58. The normalized spacial score (nSPS) is 10.6. The van der Waals surface area contributed by atoms with Crippen LogP contribution in [0.1, 0.15) is 10.4 Å². The summed E-state index contributed by atoms with van der Waals surface area (Å²) in [5, 5.41) is 10.3. The number of halogens is 1. The lowest BCUT2D eigenvalue weighted by atomic mass is 10.1. The third-order valence-electron chi connectivity index (χ3n) is 4.21. The molecule has 0 bridgehead atoms. The highest BCUT2D eigenvalue weighted by atomic mass is 35.5. The van der Waals surface area contributed by atoms with Crippen molar-refractivity contribution in [1.82, 2.24) is 20.3 Å². The van der Waals surface area contributed by atoms with Crippen molar-refractivity contribution in [2.45, 2.75) is 0 Å². The molecule has 0 radical (unpaired) electrons. The van der Waals surface area contributed by atoms with Gasteiger partial charge in [-0.3, -0.25) is 4.79 Å². The van der Waals surface area contributed by atoms with Crippen LogP contribution in [0.2, 0.25) is 5.02 Å². The molecule has 0 atom stereocenters. The maximum absolute atomic E-state index is 12.1. The van der Waals surface area contributed by atoms with Crippen LogP contribution in [0.15, 0.2) is 60.9 Å². The number of carbonyl (C=O) groups excluding carboxylic acids is 1. The number of aromatic nitrogens is 3. The minimum Gasteiger partial charge on any atom is -0.361 e. The largest absolute Gasteiger partial charge is 0.361 e. The second-order valence-electron chi connectivity index (χ2n) is 6.04. The van der Waals surface area contributed by atoms with Gasteiger partial charge in [0.25, 0.3) is 5.91 Å². The Morgan fingerprint density at radius 3 is 2.82 bits per heavy atom. The average Bonchev–Trinajstić information content (AvgIpc) is 3.18. The van der Waals surface area contributed by atoms with Gasteiger partial charge in [0.2, 0.25) is 5.95 Å². The van der Waals surface area contributed by atoms with Crippen LogP contribution in [0.4, 0.5) is 23.1 Å². The van der Waals surface area contributed by atoms with E-state index in [1.807, 2.05) is 36.5 Å². The Balaban J connectivity index is 1.62. The first-order valence-corrected chi connectivity index (χ1v) is 8.96. The number of rotatable bonds is 5. The van der Waals surface area contributed by atoms with E-state index in [-0.39, 0.29) is 5.91 Å². The Labute approximate surface area is 166 Å². The summed E-state index contributed by atoms with van der Waals surface area (Å²) in [7, 11) is 1.58. The van der Waals surface area contributed by atoms with Crippen LogP contribution in [0, 0.1) is 0 Å². The molecule has 4 N–H and O–H groups in total. The van der Waals surface area contributed by atoms with Crippen LogP contribution < -0.4 is 16.0 Å². The first kappa shape index (κ1) is 17.8. The fourth-order valence-corrected chi connectivity index (χ4v) is 2.97. The molecule has 0 fully saturated rings. The maximum atomic E-state index is 12.1. The number of carbonyl (C=O) groups is 1. The van der Waals surface area contributed by atoms with Crippen molar-refractivity contribution in [3.8, 4) is 0 Å². The van der Waals surface area contributed by atoms with E-state index >= 15 is 0 Å². The average molecular weight is 393 g/mol. The number of hydrogen-bond acceptors (Lipinski definition) is 5. The quantitative estimate of drug-likeness (QED) is 0.402. The zero-order valence-electron chi connectivity index (χ0n) is 15.0. The molecule has 2 heterocycles. The lowest BCUT2D eigenvalue weighted by Gasteiger charge is -2.13. The molecule has 2 aromatic heterocycles. The molecule has 7 nitrogen and oxygen atoms in total. The number of fused-ring (bicyclic) bond motifs is 1. The number of hydrogen-bond donors (Lipinski definition) is 4. The molecule has 4 rings (SSSR count). The minimum absolute atomic E-state index is 0.202. The standard InChI is InChI=1S/C20H17ClN6O/c1-22-19(28)14-4-2-3-5-17(14)26-18-15(21)11-24-20(27-18)25-13-6-7-16-12(10-13)8-9-23-16/h2-11,23H,1H3,(H,22,28)(H2,24,25,26,27). The van der Waals surface area contributed by atoms with Gasteiger partial charge in [0.05, 0.1) is 17.4 Å². The Morgan fingerprint density at radius 2 is 1.96 bits per heavy atom. The Kier molecular flexibility index (Phi) is 4.82. The summed E-state index contributed by atoms with van der Waals surface area (Å²) in [4.78, 5) is 23.9. The molecule has 0 unspecified atom stereocenters. The van der Waals surface area contributed by atoms with Crippen molar-refractivity contribution in [3.63, 3.8) is 0 Å². The van der Waals surface area contributed by atoms with Crippen molar-refractivity contribution in [2.75, 3.05) is 17.7 Å². The van der Waals surface area contributed by atoms with Gasteiger partial charge < -0.3 is 20.9 Å². The summed E-state index contributed by atoms with van der Waals surface area (Å²) in [6, 6.07) is 15.0. The molecule has 0 saturated carbocycles. The van der Waals surface area contributed by atoms with Gasteiger partial charge in [-0.15, -0.1) is 0 Å². The summed E-state index contributed by atoms with van der Waals surface area (Å²) in [6.07, 6.45) is 3.40. The SMILES string of the molecule is CNC(=O)c1ccccc1Nc1nc(Nc2ccc3[nH]ccc3c2)ncc1Cl. The number of para-hydroxylation sites is 1. The van der Waals surface area contributed by atoms with Crippen LogP contribution in [0.25, 0.3) is 10.9 Å². The van der Waals surface area contributed by atoms with E-state index in [4.69, 9.17) is 11.6 Å². The topological polar surface area (TPSA) is 94.7 Å². The van der Waals surface area contributed by atoms with Crippen molar-refractivity contribution >= 4 is 51.6 Å². The van der Waals surface area contributed by atoms with Crippen molar-refractivity contribution < 1.29 is 4.79 Å². The second-order valence-corrected chi connectivity index (χ2v) is 6.45. The van der Waals surface area contributed by atoms with E-state index in [9.17, 15) is 4.79 Å². The predicted octanol–water partition coefficient (Wildman–Crippen LogP) is 4.46. The third kappa shape index (κ3) is 3.60. The molecule has 0 saturated heterocycles. The van der Waals surface area contributed by atoms with E-state index in [1.165, 1.54) is 6.20 Å². The van der Waals surface area contributed by atoms with Gasteiger partial charge in [-0.25, -0.2) is 4.98 Å². The van der Waals surface area contributed by atoms with Crippen LogP contribution >= 0.6 is 11.6 Å². The van der Waals surface area contributed by atoms with E-state index < -0.39 is 0 Å². The molecule has 140 valence electrons. The molecule has 2 aromatic carbocycles. The highest BCUT2D eigenvalue weighted by molar-refractivity contribution is 6.33. The summed E-state index contributed by atoms with van der Waals surface area (Å²) < 4.78 is 0. The number of anilines is 4. The number of H-pyrrole nitrogens is 1. The Morgan fingerprint density at radius 1 is 1.11 bits per heavy atom. The zero-order valence-corrected chi connectivity index (χ0v) is 15.7. The lowest BCUT2D eigenvalue weighted by Crippen LogP contribution is -2.19. The van der Waals surface area contributed by atoms with E-state index in [1.54, 1.807) is 25.2 Å². The summed E-state index contributed by atoms with van der Waals surface area (Å²) in [5.74, 6) is 0.587. The number of nitrogens with one attached hydrogen (secondary N) is 4. The summed E-state index contributed by atoms with van der Waals surface area (Å²) in [5.41, 5.74) is 3.00. The van der Waals surface area contributed by atoms with Crippen molar-refractivity contribution in [1.29, 1.82) is 0 Å². The van der Waals surface area contributed by atoms with Gasteiger partial charge >= 0.3 is 0 Å². The van der Waals surface area contributed by atoms with E-state index in [0.717, 1.165) is 16.6 Å². The van der Waals surface area contributed by atoms with Crippen LogP contribution in [0.3, 0.4) is 0 Å². The monoisotopic (exact) mass is 392 g/mol. The Bertz CT molecular complexity index is 1160. The summed E-state index contributed by atoms with van der Waals surface area (Å²) in [6.45, 7) is 0. The molecule has 0 aliphatic rings. The van der Waals surface area contributed by atoms with Gasteiger partial charge in [-0.05, 0) is 36.4 Å². The molecule has 0 spiro atoms. The maximum Gasteiger partial charge on any atom is 0.253 e. The fourth-order valence-electron chi connectivity index (χ4n) is 2.83. The Hall–Kier alpha value is -3.58. The van der Waals surface area contributed by atoms with Crippen LogP contribution in [0.5, 0.6) is 0 Å². The van der Waals surface area contributed by atoms with Gasteiger partial charge in [-0.1, -0.05) is 23.7 Å². The molecular weight excluding hydrogens is 376 g/mol. The van der Waals surface area contributed by atoms with Gasteiger partial charge in [0.15, 0.2) is 5.82 Å². The molecule has 0 aliphatic heterocycles. The third-order valence-corrected chi connectivity index (χ3v) is 4.48. The first-order valence-electron chi connectivity index (χ1n) is 8.59. The number of nitrogens with zero attached hydrogens (tertiary/aromatic N) is 2. The van der Waals surface area contributed by atoms with E-state index in [0.29, 0.717) is 28.0 Å². The lowest BCUT2D eigenvalue weighted by molar-refractivity contribution is 0.0964. The number of amides is 1. The van der Waals surface area contributed by atoms with Gasteiger partial charge in [0, 0.05) is 29.8 Å². The number of benzene rings is 2. The van der Waals surface area contributed by atoms with Gasteiger partial charge in [-0.2, -0.15) is 4.98 Å². The predicted molar refractivity (Wildman–Crippen MR) is 112 cm³/mol. The van der Waals surface area contributed by atoms with Crippen molar-refractivity contribution in [3.05, 3.63) is 71.5 Å². The molecular formula is C20H17ClN6O. The number of aromatic amines is 1. The molecule has 8 heteroatoms.